The second-order valence-electron chi connectivity index (χ2n) is 7.74. The van der Waals surface area contributed by atoms with Gasteiger partial charge in [-0.1, -0.05) is 71.7 Å². The van der Waals surface area contributed by atoms with E-state index in [0.29, 0.717) is 24.1 Å². The van der Waals surface area contributed by atoms with Gasteiger partial charge in [0.25, 0.3) is 11.8 Å². The lowest BCUT2D eigenvalue weighted by Gasteiger charge is -2.16. The Morgan fingerprint density at radius 1 is 0.857 bits per heavy atom. The van der Waals surface area contributed by atoms with Crippen molar-refractivity contribution in [3.8, 4) is 11.1 Å². The van der Waals surface area contributed by atoms with Gasteiger partial charge in [-0.05, 0) is 41.3 Å². The number of carbonyl (C=O) groups is 3. The predicted molar refractivity (Wildman–Crippen MR) is 135 cm³/mol. The molecule has 0 aromatic heterocycles. The molecule has 3 rings (SSSR count). The molecular weight excluding hydrogens is 491 g/mol. The Balaban J connectivity index is 1.75. The number of carboxylic acids is 1. The fourth-order valence-corrected chi connectivity index (χ4v) is 4.08. The van der Waals surface area contributed by atoms with Crippen LogP contribution in [0.25, 0.3) is 11.1 Å². The molecule has 0 bridgehead atoms. The molecule has 0 aliphatic rings. The minimum Gasteiger partial charge on any atom is -0.480 e. The maximum Gasteiger partial charge on any atom is 0.326 e. The highest BCUT2D eigenvalue weighted by molar-refractivity contribution is 6.39. The predicted octanol–water partition coefficient (Wildman–Crippen LogP) is 4.20. The average Bonchev–Trinajstić information content (AvgIpc) is 2.84. The largest absolute Gasteiger partial charge is 0.480 e. The van der Waals surface area contributed by atoms with Crippen LogP contribution in [0.3, 0.4) is 0 Å². The molecule has 9 heteroatoms. The van der Waals surface area contributed by atoms with Gasteiger partial charge in [0.15, 0.2) is 0 Å². The summed E-state index contributed by atoms with van der Waals surface area (Å²) in [6, 6.07) is 17.6. The fraction of sp³-hybridized carbons (Fsp3) is 0.192. The van der Waals surface area contributed by atoms with E-state index in [-0.39, 0.29) is 34.5 Å². The topological polar surface area (TPSA) is 116 Å². The van der Waals surface area contributed by atoms with Crippen molar-refractivity contribution in [1.29, 1.82) is 0 Å². The lowest BCUT2D eigenvalue weighted by molar-refractivity contribution is -0.139. The molecule has 0 unspecified atom stereocenters. The SMILES string of the molecule is O=C(NCCCO)c1ccccc1-c1ccc(C[C@H](NC(=O)c2c(Cl)cccc2Cl)C(=O)O)cc1. The third kappa shape index (κ3) is 6.82. The van der Waals surface area contributed by atoms with Crippen LogP contribution < -0.4 is 10.6 Å². The maximum absolute atomic E-state index is 12.6. The number of rotatable bonds is 10. The van der Waals surface area contributed by atoms with Gasteiger partial charge in [-0.3, -0.25) is 9.59 Å². The van der Waals surface area contributed by atoms with Crippen molar-refractivity contribution in [2.45, 2.75) is 18.9 Å². The number of aliphatic carboxylic acids is 1. The molecule has 3 aromatic rings. The monoisotopic (exact) mass is 514 g/mol. The van der Waals surface area contributed by atoms with E-state index >= 15 is 0 Å². The Morgan fingerprint density at radius 3 is 2.14 bits per heavy atom. The quantitative estimate of drug-likeness (QED) is 0.302. The maximum atomic E-state index is 12.6. The Morgan fingerprint density at radius 2 is 1.51 bits per heavy atom. The fourth-order valence-electron chi connectivity index (χ4n) is 3.51. The number of carbonyl (C=O) groups excluding carboxylic acids is 2. The van der Waals surface area contributed by atoms with Gasteiger partial charge in [0.05, 0.1) is 15.6 Å². The van der Waals surface area contributed by atoms with Crippen LogP contribution in [0, 0.1) is 0 Å². The van der Waals surface area contributed by atoms with Gasteiger partial charge in [-0.2, -0.15) is 0 Å². The third-order valence-corrected chi connectivity index (χ3v) is 5.92. The Bertz CT molecular complexity index is 1190. The first kappa shape index (κ1) is 26.2. The summed E-state index contributed by atoms with van der Waals surface area (Å²) in [5.74, 6) is -2.12. The lowest BCUT2D eigenvalue weighted by atomic mass is 9.96. The van der Waals surface area contributed by atoms with E-state index in [4.69, 9.17) is 28.3 Å². The van der Waals surface area contributed by atoms with Gasteiger partial charge in [0.2, 0.25) is 0 Å². The van der Waals surface area contributed by atoms with Gasteiger partial charge in [0.1, 0.15) is 6.04 Å². The van der Waals surface area contributed by atoms with E-state index in [1.54, 1.807) is 42.5 Å². The van der Waals surface area contributed by atoms with E-state index in [2.05, 4.69) is 10.6 Å². The van der Waals surface area contributed by atoms with Crippen LogP contribution in [-0.2, 0) is 11.2 Å². The van der Waals surface area contributed by atoms with E-state index in [9.17, 15) is 19.5 Å². The summed E-state index contributed by atoms with van der Waals surface area (Å²) < 4.78 is 0. The molecule has 182 valence electrons. The molecule has 0 spiro atoms. The standard InChI is InChI=1S/C26H24Cl2N2O5/c27-20-7-3-8-21(28)23(20)25(33)30-22(26(34)35)15-16-9-11-17(12-10-16)18-5-1-2-6-19(18)24(32)29-13-4-14-31/h1-3,5-12,22,31H,4,13-15H2,(H,29,32)(H,30,33)(H,34,35)/t22-/m0/s1. The summed E-state index contributed by atoms with van der Waals surface area (Å²) in [5.41, 5.74) is 2.69. The molecule has 3 aromatic carbocycles. The van der Waals surface area contributed by atoms with Crippen LogP contribution in [0.5, 0.6) is 0 Å². The number of carboxylic acid groups (broad SMARTS) is 1. The molecule has 7 nitrogen and oxygen atoms in total. The molecule has 0 fully saturated rings. The van der Waals surface area contributed by atoms with Crippen LogP contribution >= 0.6 is 23.2 Å². The van der Waals surface area contributed by atoms with Gasteiger partial charge in [-0.25, -0.2) is 4.79 Å². The second-order valence-corrected chi connectivity index (χ2v) is 8.56. The number of benzene rings is 3. The molecule has 0 radical (unpaired) electrons. The highest BCUT2D eigenvalue weighted by Crippen LogP contribution is 2.26. The molecule has 0 heterocycles. The number of aliphatic hydroxyl groups is 1. The highest BCUT2D eigenvalue weighted by atomic mass is 35.5. The summed E-state index contributed by atoms with van der Waals surface area (Å²) >= 11 is 12.1. The van der Waals surface area contributed by atoms with Crippen molar-refractivity contribution in [1.82, 2.24) is 10.6 Å². The zero-order valence-electron chi connectivity index (χ0n) is 18.6. The number of halogens is 2. The molecule has 0 aliphatic heterocycles. The number of hydrogen-bond acceptors (Lipinski definition) is 4. The van der Waals surface area contributed by atoms with Crippen molar-refractivity contribution >= 4 is 41.0 Å². The Hall–Kier alpha value is -3.39. The number of aliphatic hydroxyl groups excluding tert-OH is 1. The van der Waals surface area contributed by atoms with E-state index in [0.717, 1.165) is 11.1 Å². The molecule has 0 saturated carbocycles. The Labute approximate surface area is 212 Å². The van der Waals surface area contributed by atoms with Crippen LogP contribution in [0.4, 0.5) is 0 Å². The highest BCUT2D eigenvalue weighted by Gasteiger charge is 2.24. The first-order valence-corrected chi connectivity index (χ1v) is 11.6. The van der Waals surface area contributed by atoms with E-state index in [1.807, 2.05) is 12.1 Å². The number of nitrogens with one attached hydrogen (secondary N) is 2. The van der Waals surface area contributed by atoms with Crippen LogP contribution in [-0.4, -0.2) is 47.2 Å². The minimum absolute atomic E-state index is 0.00733. The van der Waals surface area contributed by atoms with Crippen molar-refractivity contribution in [2.24, 2.45) is 0 Å². The summed E-state index contributed by atoms with van der Waals surface area (Å²) in [6.45, 7) is 0.358. The second kappa shape index (κ2) is 12.4. The van der Waals surface area contributed by atoms with Gasteiger partial charge < -0.3 is 20.8 Å². The van der Waals surface area contributed by atoms with Crippen LogP contribution in [0.1, 0.15) is 32.7 Å². The summed E-state index contributed by atoms with van der Waals surface area (Å²) in [4.78, 5) is 37.0. The molecule has 1 atom stereocenters. The zero-order valence-corrected chi connectivity index (χ0v) is 20.1. The first-order chi connectivity index (χ1) is 16.8. The lowest BCUT2D eigenvalue weighted by Crippen LogP contribution is -2.42. The summed E-state index contributed by atoms with van der Waals surface area (Å²) in [7, 11) is 0. The summed E-state index contributed by atoms with van der Waals surface area (Å²) in [5, 5.41) is 24.1. The smallest absolute Gasteiger partial charge is 0.326 e. The van der Waals surface area contributed by atoms with Gasteiger partial charge >= 0.3 is 5.97 Å². The van der Waals surface area contributed by atoms with Crippen LogP contribution in [0.15, 0.2) is 66.7 Å². The van der Waals surface area contributed by atoms with Crippen molar-refractivity contribution in [3.05, 3.63) is 93.5 Å². The third-order valence-electron chi connectivity index (χ3n) is 5.29. The Kier molecular flexibility index (Phi) is 9.25. The van der Waals surface area contributed by atoms with Crippen molar-refractivity contribution in [2.75, 3.05) is 13.2 Å². The number of amides is 2. The van der Waals surface area contributed by atoms with Gasteiger partial charge in [-0.15, -0.1) is 0 Å². The molecule has 4 N–H and O–H groups in total. The summed E-state index contributed by atoms with van der Waals surface area (Å²) in [6.07, 6.45) is 0.499. The molecule has 0 saturated heterocycles. The van der Waals surface area contributed by atoms with Crippen molar-refractivity contribution in [3.63, 3.8) is 0 Å². The van der Waals surface area contributed by atoms with Crippen molar-refractivity contribution < 1.29 is 24.6 Å². The molecule has 0 aliphatic carbocycles. The molecule has 2 amide bonds. The zero-order chi connectivity index (χ0) is 25.4. The number of hydrogen-bond donors (Lipinski definition) is 4. The van der Waals surface area contributed by atoms with E-state index < -0.39 is 17.9 Å². The van der Waals surface area contributed by atoms with E-state index in [1.165, 1.54) is 12.1 Å². The average molecular weight is 515 g/mol. The minimum atomic E-state index is -1.20. The first-order valence-electron chi connectivity index (χ1n) is 10.9. The van der Waals surface area contributed by atoms with Crippen LogP contribution in [0.2, 0.25) is 10.0 Å². The molecule has 35 heavy (non-hydrogen) atoms. The van der Waals surface area contributed by atoms with Gasteiger partial charge in [0, 0.05) is 25.1 Å². The molecular formula is C26H24Cl2N2O5. The normalized spacial score (nSPS) is 11.5.